The Balaban J connectivity index is 2.16. The first-order chi connectivity index (χ1) is 11.4. The molecule has 0 unspecified atom stereocenters. The van der Waals surface area contributed by atoms with E-state index in [9.17, 15) is 20.0 Å². The highest BCUT2D eigenvalue weighted by Gasteiger charge is 2.21. The Morgan fingerprint density at radius 2 is 2.04 bits per heavy atom. The Kier molecular flexibility index (Phi) is 5.31. The number of aromatic amines is 1. The van der Waals surface area contributed by atoms with E-state index in [4.69, 9.17) is 4.74 Å². The number of rotatable bonds is 6. The first-order valence-electron chi connectivity index (χ1n) is 7.33. The fraction of sp³-hybridized carbons (Fsp3) is 0.250. The molecule has 0 aliphatic heterocycles. The van der Waals surface area contributed by atoms with Gasteiger partial charge < -0.3 is 14.8 Å². The van der Waals surface area contributed by atoms with Crippen molar-refractivity contribution in [3.05, 3.63) is 56.1 Å². The topological polar surface area (TPSA) is 118 Å². The van der Waals surface area contributed by atoms with Gasteiger partial charge in [-0.25, -0.2) is 0 Å². The maximum absolute atomic E-state index is 11.5. The highest BCUT2D eigenvalue weighted by atomic mass is 16.6. The molecule has 0 amide bonds. The molecule has 1 heterocycles. The van der Waals surface area contributed by atoms with E-state index in [1.54, 1.807) is 6.08 Å². The molecule has 0 saturated carbocycles. The number of aromatic nitrogens is 2. The van der Waals surface area contributed by atoms with Crippen LogP contribution in [0.15, 0.2) is 29.1 Å². The van der Waals surface area contributed by atoms with Crippen LogP contribution in [0.1, 0.15) is 31.7 Å². The lowest BCUT2D eigenvalue weighted by Gasteiger charge is -2.12. The van der Waals surface area contributed by atoms with Crippen molar-refractivity contribution in [3.8, 4) is 11.6 Å². The van der Waals surface area contributed by atoms with E-state index >= 15 is 0 Å². The summed E-state index contributed by atoms with van der Waals surface area (Å²) in [6.07, 6.45) is 4.12. The number of hydrogen-bond acceptors (Lipinski definition) is 6. The zero-order valence-electron chi connectivity index (χ0n) is 13.2. The second-order valence-corrected chi connectivity index (χ2v) is 5.12. The van der Waals surface area contributed by atoms with Crippen LogP contribution in [-0.2, 0) is 0 Å². The molecule has 0 bridgehead atoms. The maximum atomic E-state index is 11.5. The monoisotopic (exact) mass is 331 g/mol. The summed E-state index contributed by atoms with van der Waals surface area (Å²) in [5, 5.41) is 20.1. The summed E-state index contributed by atoms with van der Waals surface area (Å²) in [7, 11) is 0. The van der Waals surface area contributed by atoms with Crippen LogP contribution in [0.3, 0.4) is 0 Å². The van der Waals surface area contributed by atoms with Crippen molar-refractivity contribution in [2.45, 2.75) is 26.4 Å². The van der Waals surface area contributed by atoms with Gasteiger partial charge >= 0.3 is 11.2 Å². The number of aromatic hydroxyl groups is 1. The minimum atomic E-state index is -1.01. The smallest absolute Gasteiger partial charge is 0.395 e. The molecule has 24 heavy (non-hydrogen) atoms. The van der Waals surface area contributed by atoms with Gasteiger partial charge in [-0.1, -0.05) is 25.1 Å². The average molecular weight is 331 g/mol. The molecule has 2 N–H and O–H groups in total. The molecule has 2 rings (SSSR count). The molecule has 126 valence electrons. The van der Waals surface area contributed by atoms with Gasteiger partial charge in [0.25, 0.3) is 5.88 Å². The van der Waals surface area contributed by atoms with E-state index in [0.717, 1.165) is 17.7 Å². The molecule has 0 saturated heterocycles. The van der Waals surface area contributed by atoms with Crippen LogP contribution in [0.2, 0.25) is 0 Å². The van der Waals surface area contributed by atoms with Crippen LogP contribution in [0.5, 0.6) is 11.6 Å². The Morgan fingerprint density at radius 3 is 2.58 bits per heavy atom. The first kappa shape index (κ1) is 17.2. The minimum Gasteiger partial charge on any atom is -0.491 e. The molecule has 2 aromatic rings. The second-order valence-electron chi connectivity index (χ2n) is 5.12. The predicted molar refractivity (Wildman–Crippen MR) is 88.9 cm³/mol. The van der Waals surface area contributed by atoms with Gasteiger partial charge in [-0.05, 0) is 37.1 Å². The molecule has 8 nitrogen and oxygen atoms in total. The normalized spacial score (nSPS) is 12.2. The Bertz CT molecular complexity index is 811. The maximum Gasteiger partial charge on any atom is 0.395 e. The summed E-state index contributed by atoms with van der Waals surface area (Å²) >= 11 is 0. The molecule has 8 heteroatoms. The van der Waals surface area contributed by atoms with Gasteiger partial charge in [-0.3, -0.25) is 14.9 Å². The zero-order valence-corrected chi connectivity index (χ0v) is 13.2. The lowest BCUT2D eigenvalue weighted by Crippen LogP contribution is -2.14. The number of hydrogen-bond donors (Lipinski definition) is 2. The quantitative estimate of drug-likeness (QED) is 0.620. The molecule has 1 aromatic carbocycles. The second kappa shape index (κ2) is 7.40. The molecule has 0 spiro atoms. The van der Waals surface area contributed by atoms with Crippen molar-refractivity contribution in [1.82, 2.24) is 9.97 Å². The van der Waals surface area contributed by atoms with E-state index in [2.05, 4.69) is 9.97 Å². The fourth-order valence-corrected chi connectivity index (χ4v) is 1.86. The molecule has 0 fully saturated rings. The van der Waals surface area contributed by atoms with Gasteiger partial charge in [0.15, 0.2) is 0 Å². The van der Waals surface area contributed by atoms with Crippen molar-refractivity contribution in [3.63, 3.8) is 0 Å². The number of nitrogens with one attached hydrogen (secondary N) is 1. The molecular weight excluding hydrogens is 314 g/mol. The van der Waals surface area contributed by atoms with E-state index in [1.807, 2.05) is 38.1 Å². The van der Waals surface area contributed by atoms with Gasteiger partial charge in [-0.15, -0.1) is 0 Å². The third-order valence-electron chi connectivity index (χ3n) is 3.30. The summed E-state index contributed by atoms with van der Waals surface area (Å²) in [6.45, 7) is 4.02. The minimum absolute atomic E-state index is 0.0167. The van der Waals surface area contributed by atoms with E-state index < -0.39 is 22.0 Å². The van der Waals surface area contributed by atoms with Crippen LogP contribution in [0, 0.1) is 10.1 Å². The van der Waals surface area contributed by atoms with Crippen molar-refractivity contribution < 1.29 is 14.8 Å². The molecule has 0 aliphatic rings. The lowest BCUT2D eigenvalue weighted by atomic mass is 10.2. The number of ether oxygens (including phenoxy) is 1. The van der Waals surface area contributed by atoms with Crippen LogP contribution in [-0.4, -0.2) is 26.1 Å². The van der Waals surface area contributed by atoms with Crippen LogP contribution in [0.4, 0.5) is 5.69 Å². The van der Waals surface area contributed by atoms with Gasteiger partial charge in [0.2, 0.25) is 0 Å². The zero-order chi connectivity index (χ0) is 17.7. The lowest BCUT2D eigenvalue weighted by molar-refractivity contribution is -0.387. The van der Waals surface area contributed by atoms with E-state index in [0.29, 0.717) is 0 Å². The van der Waals surface area contributed by atoms with E-state index in [1.165, 1.54) is 6.08 Å². The summed E-state index contributed by atoms with van der Waals surface area (Å²) in [5.41, 5.74) is -1.17. The van der Waals surface area contributed by atoms with Crippen LogP contribution in [0.25, 0.3) is 12.2 Å². The van der Waals surface area contributed by atoms with Crippen LogP contribution >= 0.6 is 0 Å². The summed E-state index contributed by atoms with van der Waals surface area (Å²) in [4.78, 5) is 27.0. The summed E-state index contributed by atoms with van der Waals surface area (Å²) in [6, 6.07) is 7.26. The standard InChI is InChI=1S/C16H17N3O5/c1-3-10(2)24-12-7-4-11(5-8-12)6-9-13-17-15(20)14(19(22)23)16(21)18-13/h4-10H,3H2,1-2H3,(H2,17,18,20,21)/b9-6+/t10-/m0/s1. The van der Waals surface area contributed by atoms with E-state index in [-0.39, 0.29) is 11.9 Å². The third kappa shape index (κ3) is 4.19. The first-order valence-corrected chi connectivity index (χ1v) is 7.33. The third-order valence-corrected chi connectivity index (χ3v) is 3.30. The predicted octanol–water partition coefficient (Wildman–Crippen LogP) is 2.73. The molecule has 0 aliphatic carbocycles. The molecule has 1 aromatic heterocycles. The number of nitrogens with zero attached hydrogens (tertiary/aromatic N) is 2. The van der Waals surface area contributed by atoms with Crippen molar-refractivity contribution in [2.75, 3.05) is 0 Å². The van der Waals surface area contributed by atoms with Gasteiger partial charge in [0.1, 0.15) is 11.6 Å². The SMILES string of the molecule is CC[C@H](C)Oc1ccc(/C=C/c2nc(O)c([N+](=O)[O-])c(=O)[nH]2)cc1. The number of H-pyrrole nitrogens is 1. The summed E-state index contributed by atoms with van der Waals surface area (Å²) < 4.78 is 5.67. The van der Waals surface area contributed by atoms with Gasteiger partial charge in [0.05, 0.1) is 11.0 Å². The van der Waals surface area contributed by atoms with Crippen molar-refractivity contribution >= 4 is 17.8 Å². The molecule has 0 radical (unpaired) electrons. The highest BCUT2D eigenvalue weighted by Crippen LogP contribution is 2.18. The average Bonchev–Trinajstić information content (AvgIpc) is 2.53. The van der Waals surface area contributed by atoms with Crippen molar-refractivity contribution in [1.29, 1.82) is 0 Å². The largest absolute Gasteiger partial charge is 0.491 e. The molecule has 1 atom stereocenters. The number of nitro groups is 1. The van der Waals surface area contributed by atoms with Gasteiger partial charge in [-0.2, -0.15) is 4.98 Å². The van der Waals surface area contributed by atoms with Gasteiger partial charge in [0, 0.05) is 0 Å². The molecular formula is C16H17N3O5. The Labute approximate surface area is 137 Å². The fourth-order valence-electron chi connectivity index (χ4n) is 1.86. The van der Waals surface area contributed by atoms with Crippen LogP contribution < -0.4 is 10.3 Å². The number of benzene rings is 1. The Morgan fingerprint density at radius 1 is 1.38 bits per heavy atom. The Hall–Kier alpha value is -3.16. The summed E-state index contributed by atoms with van der Waals surface area (Å²) in [5.74, 6) is -0.148. The highest BCUT2D eigenvalue weighted by molar-refractivity contribution is 5.67. The van der Waals surface area contributed by atoms with Crippen molar-refractivity contribution in [2.24, 2.45) is 0 Å².